The largest absolute Gasteiger partial charge is 0.310 e. The molecule has 0 fully saturated rings. The van der Waals surface area contributed by atoms with Crippen LogP contribution in [0.15, 0.2) is 30.6 Å². The molecular weight excluding hydrogens is 270 g/mol. The van der Waals surface area contributed by atoms with Crippen LogP contribution in [0.5, 0.6) is 0 Å². The molecule has 0 saturated heterocycles. The van der Waals surface area contributed by atoms with Crippen LogP contribution in [0.25, 0.3) is 5.69 Å². The molecule has 0 aliphatic rings. The second-order valence-electron chi connectivity index (χ2n) is 4.95. The van der Waals surface area contributed by atoms with Crippen molar-refractivity contribution < 1.29 is 0 Å². The summed E-state index contributed by atoms with van der Waals surface area (Å²) >= 11 is 6.45. The number of halogens is 1. The molecule has 20 heavy (non-hydrogen) atoms. The lowest BCUT2D eigenvalue weighted by Crippen LogP contribution is -2.19. The third kappa shape index (κ3) is 3.22. The molecule has 1 unspecified atom stereocenters. The Morgan fingerprint density at radius 3 is 2.80 bits per heavy atom. The van der Waals surface area contributed by atoms with Crippen LogP contribution in [0.4, 0.5) is 0 Å². The fourth-order valence-corrected chi connectivity index (χ4v) is 2.56. The summed E-state index contributed by atoms with van der Waals surface area (Å²) in [6, 6.07) is 6.57. The van der Waals surface area contributed by atoms with Crippen LogP contribution in [0, 0.1) is 0 Å². The van der Waals surface area contributed by atoms with Gasteiger partial charge in [-0.2, -0.15) is 0 Å². The van der Waals surface area contributed by atoms with E-state index in [-0.39, 0.29) is 0 Å². The first kappa shape index (κ1) is 15.1. The molecule has 0 saturated carbocycles. The normalized spacial score (nSPS) is 12.6. The van der Waals surface area contributed by atoms with Crippen molar-refractivity contribution >= 4 is 11.6 Å². The maximum atomic E-state index is 6.45. The number of aromatic nitrogens is 2. The number of rotatable bonds is 6. The summed E-state index contributed by atoms with van der Waals surface area (Å²) in [4.78, 5) is 4.34. The van der Waals surface area contributed by atoms with E-state index in [0.717, 1.165) is 35.9 Å². The standard InChI is InChI=1S/C16H22ClN3/c1-4-8-18-12(3)13-6-7-15(14(17)11-13)20-10-9-19-16(20)5-2/h6-7,9-12,18H,4-5,8H2,1-3H3. The summed E-state index contributed by atoms with van der Waals surface area (Å²) in [6.45, 7) is 7.44. The molecule has 1 aromatic carbocycles. The van der Waals surface area contributed by atoms with E-state index in [1.54, 1.807) is 0 Å². The first-order chi connectivity index (χ1) is 9.67. The highest BCUT2D eigenvalue weighted by Crippen LogP contribution is 2.26. The first-order valence-electron chi connectivity index (χ1n) is 7.22. The maximum absolute atomic E-state index is 6.45. The van der Waals surface area contributed by atoms with Gasteiger partial charge in [0.25, 0.3) is 0 Å². The van der Waals surface area contributed by atoms with Crippen molar-refractivity contribution in [2.75, 3.05) is 6.54 Å². The van der Waals surface area contributed by atoms with Gasteiger partial charge >= 0.3 is 0 Å². The number of nitrogens with zero attached hydrogens (tertiary/aromatic N) is 2. The summed E-state index contributed by atoms with van der Waals surface area (Å²) in [5, 5.41) is 4.24. The predicted octanol–water partition coefficient (Wildman–Crippen LogP) is 4.15. The molecule has 1 atom stereocenters. The van der Waals surface area contributed by atoms with Gasteiger partial charge < -0.3 is 9.88 Å². The third-order valence-corrected chi connectivity index (χ3v) is 3.77. The average Bonchev–Trinajstić information content (AvgIpc) is 2.92. The van der Waals surface area contributed by atoms with E-state index in [0.29, 0.717) is 6.04 Å². The quantitative estimate of drug-likeness (QED) is 0.866. The van der Waals surface area contributed by atoms with Crippen molar-refractivity contribution in [2.24, 2.45) is 0 Å². The predicted molar refractivity (Wildman–Crippen MR) is 84.7 cm³/mol. The van der Waals surface area contributed by atoms with E-state index in [9.17, 15) is 0 Å². The molecule has 4 heteroatoms. The number of hydrogen-bond donors (Lipinski definition) is 1. The number of aryl methyl sites for hydroxylation is 1. The van der Waals surface area contributed by atoms with Gasteiger partial charge in [-0.25, -0.2) is 4.98 Å². The molecule has 3 nitrogen and oxygen atoms in total. The molecule has 1 N–H and O–H groups in total. The van der Waals surface area contributed by atoms with E-state index < -0.39 is 0 Å². The Bertz CT molecular complexity index is 563. The summed E-state index contributed by atoms with van der Waals surface area (Å²) in [5.74, 6) is 1.02. The third-order valence-electron chi connectivity index (χ3n) is 3.47. The van der Waals surface area contributed by atoms with Gasteiger partial charge in [0.05, 0.1) is 10.7 Å². The molecule has 0 amide bonds. The number of hydrogen-bond acceptors (Lipinski definition) is 2. The fourth-order valence-electron chi connectivity index (χ4n) is 2.28. The molecule has 0 radical (unpaired) electrons. The van der Waals surface area contributed by atoms with Crippen LogP contribution in [-0.4, -0.2) is 16.1 Å². The van der Waals surface area contributed by atoms with Gasteiger partial charge in [-0.05, 0) is 37.6 Å². The summed E-state index contributed by atoms with van der Waals surface area (Å²) in [6.07, 6.45) is 5.79. The van der Waals surface area contributed by atoms with Gasteiger partial charge in [-0.1, -0.05) is 31.5 Å². The van der Waals surface area contributed by atoms with Gasteiger partial charge in [0, 0.05) is 24.9 Å². The molecule has 2 rings (SSSR count). The van der Waals surface area contributed by atoms with E-state index in [2.05, 4.69) is 47.8 Å². The molecular formula is C16H22ClN3. The van der Waals surface area contributed by atoms with Crippen molar-refractivity contribution in [3.63, 3.8) is 0 Å². The van der Waals surface area contributed by atoms with Crippen LogP contribution < -0.4 is 5.32 Å². The zero-order chi connectivity index (χ0) is 14.5. The monoisotopic (exact) mass is 291 g/mol. The number of nitrogens with one attached hydrogen (secondary N) is 1. The second kappa shape index (κ2) is 6.91. The van der Waals surface area contributed by atoms with Crippen LogP contribution in [0.3, 0.4) is 0 Å². The Kier molecular flexibility index (Phi) is 5.21. The Labute approximate surface area is 126 Å². The second-order valence-corrected chi connectivity index (χ2v) is 5.36. The lowest BCUT2D eigenvalue weighted by atomic mass is 10.1. The molecule has 0 aliphatic heterocycles. The van der Waals surface area contributed by atoms with Crippen LogP contribution in [0.2, 0.25) is 5.02 Å². The van der Waals surface area contributed by atoms with Gasteiger partial charge in [0.2, 0.25) is 0 Å². The highest BCUT2D eigenvalue weighted by atomic mass is 35.5. The molecule has 0 bridgehead atoms. The minimum atomic E-state index is 0.315. The van der Waals surface area contributed by atoms with Crippen molar-refractivity contribution in [2.45, 2.75) is 39.7 Å². The van der Waals surface area contributed by atoms with Crippen molar-refractivity contribution in [3.05, 3.63) is 47.0 Å². The van der Waals surface area contributed by atoms with Gasteiger partial charge in [-0.3, -0.25) is 0 Å². The van der Waals surface area contributed by atoms with Crippen molar-refractivity contribution in [3.8, 4) is 5.69 Å². The van der Waals surface area contributed by atoms with Crippen LogP contribution in [-0.2, 0) is 6.42 Å². The van der Waals surface area contributed by atoms with Crippen molar-refractivity contribution in [1.29, 1.82) is 0 Å². The Morgan fingerprint density at radius 1 is 1.35 bits per heavy atom. The summed E-state index contributed by atoms with van der Waals surface area (Å²) in [7, 11) is 0. The van der Waals surface area contributed by atoms with E-state index in [1.165, 1.54) is 5.56 Å². The molecule has 0 aliphatic carbocycles. The fraction of sp³-hybridized carbons (Fsp3) is 0.438. The summed E-state index contributed by atoms with van der Waals surface area (Å²) in [5.41, 5.74) is 2.21. The Morgan fingerprint density at radius 2 is 2.15 bits per heavy atom. The SMILES string of the molecule is CCCNC(C)c1ccc(-n2ccnc2CC)c(Cl)c1. The zero-order valence-corrected chi connectivity index (χ0v) is 13.1. The molecule has 0 spiro atoms. The molecule has 2 aromatic rings. The number of imidazole rings is 1. The van der Waals surface area contributed by atoms with Crippen molar-refractivity contribution in [1.82, 2.24) is 14.9 Å². The lowest BCUT2D eigenvalue weighted by molar-refractivity contribution is 0.570. The molecule has 1 aromatic heterocycles. The number of benzene rings is 1. The minimum absolute atomic E-state index is 0.315. The molecule has 1 heterocycles. The minimum Gasteiger partial charge on any atom is -0.310 e. The highest BCUT2D eigenvalue weighted by molar-refractivity contribution is 6.32. The van der Waals surface area contributed by atoms with Gasteiger partial charge in [0.1, 0.15) is 5.82 Å². The van der Waals surface area contributed by atoms with Crippen LogP contribution in [0.1, 0.15) is 44.6 Å². The van der Waals surface area contributed by atoms with Crippen LogP contribution >= 0.6 is 11.6 Å². The first-order valence-corrected chi connectivity index (χ1v) is 7.60. The van der Waals surface area contributed by atoms with E-state index >= 15 is 0 Å². The van der Waals surface area contributed by atoms with E-state index in [1.807, 2.05) is 18.5 Å². The zero-order valence-electron chi connectivity index (χ0n) is 12.4. The molecule has 108 valence electrons. The Hall–Kier alpha value is -1.32. The summed E-state index contributed by atoms with van der Waals surface area (Å²) < 4.78 is 2.05. The van der Waals surface area contributed by atoms with Gasteiger partial charge in [0.15, 0.2) is 0 Å². The lowest BCUT2D eigenvalue weighted by Gasteiger charge is -2.16. The highest BCUT2D eigenvalue weighted by Gasteiger charge is 2.10. The van der Waals surface area contributed by atoms with E-state index in [4.69, 9.17) is 11.6 Å². The average molecular weight is 292 g/mol. The topological polar surface area (TPSA) is 29.9 Å². The smallest absolute Gasteiger partial charge is 0.112 e. The van der Waals surface area contributed by atoms with Gasteiger partial charge in [-0.15, -0.1) is 0 Å². The maximum Gasteiger partial charge on any atom is 0.112 e. The Balaban J connectivity index is 2.26.